The van der Waals surface area contributed by atoms with Gasteiger partial charge in [0.2, 0.25) is 5.91 Å². The SMILES string of the molecule is Cc1cc(N(CCC#N)C(=O)Cn2nnn(-c3cccs3)c2=O)ccc1Cl. The van der Waals surface area contributed by atoms with Crippen molar-refractivity contribution < 1.29 is 4.79 Å². The molecule has 2 heterocycles. The van der Waals surface area contributed by atoms with Gasteiger partial charge >= 0.3 is 5.69 Å². The molecule has 0 aliphatic carbocycles. The second kappa shape index (κ2) is 8.16. The highest BCUT2D eigenvalue weighted by Gasteiger charge is 2.20. The van der Waals surface area contributed by atoms with Crippen LogP contribution in [-0.4, -0.2) is 32.2 Å². The van der Waals surface area contributed by atoms with Gasteiger partial charge in [-0.2, -0.15) is 14.6 Å². The third-order valence-electron chi connectivity index (χ3n) is 3.84. The summed E-state index contributed by atoms with van der Waals surface area (Å²) in [6.45, 7) is 1.75. The highest BCUT2D eigenvalue weighted by molar-refractivity contribution is 7.12. The quantitative estimate of drug-likeness (QED) is 0.630. The number of halogens is 1. The Kier molecular flexibility index (Phi) is 5.69. The van der Waals surface area contributed by atoms with Crippen molar-refractivity contribution in [3.63, 3.8) is 0 Å². The summed E-state index contributed by atoms with van der Waals surface area (Å²) in [5.41, 5.74) is 0.916. The van der Waals surface area contributed by atoms with Gasteiger partial charge in [-0.05, 0) is 58.6 Å². The normalized spacial score (nSPS) is 10.6. The largest absolute Gasteiger partial charge is 0.369 e. The number of tetrazole rings is 1. The fraction of sp³-hybridized carbons (Fsp3) is 0.235. The predicted octanol–water partition coefficient (Wildman–Crippen LogP) is 2.40. The van der Waals surface area contributed by atoms with Crippen LogP contribution >= 0.6 is 22.9 Å². The van der Waals surface area contributed by atoms with Gasteiger partial charge in [0, 0.05) is 17.3 Å². The highest BCUT2D eigenvalue weighted by Crippen LogP contribution is 2.23. The molecule has 3 rings (SSSR count). The first-order valence-electron chi connectivity index (χ1n) is 8.01. The number of hydrogen-bond acceptors (Lipinski definition) is 6. The Hall–Kier alpha value is -2.96. The smallest absolute Gasteiger partial charge is 0.310 e. The summed E-state index contributed by atoms with van der Waals surface area (Å²) in [5, 5.41) is 19.5. The molecule has 0 aliphatic heterocycles. The van der Waals surface area contributed by atoms with Crippen LogP contribution in [0.4, 0.5) is 5.69 Å². The van der Waals surface area contributed by atoms with E-state index >= 15 is 0 Å². The zero-order valence-corrected chi connectivity index (χ0v) is 15.9. The second-order valence-electron chi connectivity index (χ2n) is 5.67. The molecule has 8 nitrogen and oxygen atoms in total. The molecule has 0 radical (unpaired) electrons. The van der Waals surface area contributed by atoms with Gasteiger partial charge in [0.25, 0.3) is 0 Å². The summed E-state index contributed by atoms with van der Waals surface area (Å²) in [5.74, 6) is -0.368. The van der Waals surface area contributed by atoms with E-state index in [1.54, 1.807) is 30.3 Å². The molecule has 10 heteroatoms. The molecule has 0 saturated heterocycles. The first-order valence-corrected chi connectivity index (χ1v) is 9.27. The summed E-state index contributed by atoms with van der Waals surface area (Å²) in [6.07, 6.45) is 0.157. The Morgan fingerprint density at radius 3 is 2.85 bits per heavy atom. The Morgan fingerprint density at radius 2 is 2.19 bits per heavy atom. The summed E-state index contributed by atoms with van der Waals surface area (Å²) >= 11 is 7.39. The molecular formula is C17H15ClN6O2S. The van der Waals surface area contributed by atoms with Crippen LogP contribution in [0.3, 0.4) is 0 Å². The van der Waals surface area contributed by atoms with E-state index in [0.29, 0.717) is 15.7 Å². The topological polar surface area (TPSA) is 96.8 Å². The number of amides is 1. The van der Waals surface area contributed by atoms with E-state index in [1.165, 1.54) is 16.2 Å². The zero-order valence-electron chi connectivity index (χ0n) is 14.4. The minimum atomic E-state index is -0.502. The molecule has 3 aromatic rings. The molecular weight excluding hydrogens is 388 g/mol. The molecule has 0 fully saturated rings. The van der Waals surface area contributed by atoms with Crippen molar-refractivity contribution in [2.24, 2.45) is 0 Å². The van der Waals surface area contributed by atoms with Gasteiger partial charge in [-0.15, -0.1) is 11.3 Å². The predicted molar refractivity (Wildman–Crippen MR) is 102 cm³/mol. The van der Waals surface area contributed by atoms with Crippen LogP contribution in [0.5, 0.6) is 0 Å². The number of benzene rings is 1. The number of carbonyl (C=O) groups excluding carboxylic acids is 1. The molecule has 0 saturated carbocycles. The van der Waals surface area contributed by atoms with E-state index in [1.807, 2.05) is 18.4 Å². The van der Waals surface area contributed by atoms with Crippen LogP contribution in [0.1, 0.15) is 12.0 Å². The van der Waals surface area contributed by atoms with Crippen molar-refractivity contribution in [3.8, 4) is 11.1 Å². The van der Waals surface area contributed by atoms with E-state index < -0.39 is 5.69 Å². The fourth-order valence-corrected chi connectivity index (χ4v) is 3.26. The van der Waals surface area contributed by atoms with Gasteiger partial charge in [-0.1, -0.05) is 11.6 Å². The zero-order chi connectivity index (χ0) is 19.4. The monoisotopic (exact) mass is 402 g/mol. The van der Waals surface area contributed by atoms with Crippen molar-refractivity contribution >= 4 is 34.5 Å². The van der Waals surface area contributed by atoms with Crippen LogP contribution in [0.15, 0.2) is 40.5 Å². The number of rotatable bonds is 6. The Balaban J connectivity index is 1.86. The lowest BCUT2D eigenvalue weighted by Gasteiger charge is -2.22. The Bertz CT molecular complexity index is 1050. The van der Waals surface area contributed by atoms with Gasteiger partial charge in [0.05, 0.1) is 12.5 Å². The standard InChI is InChI=1S/C17H15ClN6O2S/c1-12-10-13(5-6-14(12)18)22(8-3-7-19)15(25)11-23-17(26)24(21-20-23)16-4-2-9-27-16/h2,4-6,9-10H,3,8,11H2,1H3. The van der Waals surface area contributed by atoms with E-state index in [9.17, 15) is 9.59 Å². The van der Waals surface area contributed by atoms with Crippen molar-refractivity contribution in [3.05, 3.63) is 56.8 Å². The number of aryl methyl sites for hydroxylation is 1. The average Bonchev–Trinajstić information content (AvgIpc) is 3.29. The lowest BCUT2D eigenvalue weighted by molar-refractivity contribution is -0.119. The van der Waals surface area contributed by atoms with Gasteiger partial charge < -0.3 is 4.90 Å². The molecule has 0 unspecified atom stereocenters. The van der Waals surface area contributed by atoms with Crippen molar-refractivity contribution in [1.29, 1.82) is 5.26 Å². The molecule has 2 aromatic heterocycles. The van der Waals surface area contributed by atoms with E-state index in [2.05, 4.69) is 10.4 Å². The number of anilines is 1. The minimum absolute atomic E-state index is 0.157. The van der Waals surface area contributed by atoms with E-state index in [0.717, 1.165) is 14.9 Å². The number of nitriles is 1. The number of hydrogen-bond donors (Lipinski definition) is 0. The molecule has 0 bridgehead atoms. The van der Waals surface area contributed by atoms with E-state index in [4.69, 9.17) is 16.9 Å². The molecule has 0 spiro atoms. The number of thiophene rings is 1. The molecule has 1 amide bonds. The molecule has 1 aromatic carbocycles. The molecule has 0 aliphatic rings. The van der Waals surface area contributed by atoms with Crippen LogP contribution in [0.25, 0.3) is 5.00 Å². The molecule has 0 N–H and O–H groups in total. The van der Waals surface area contributed by atoms with Crippen molar-refractivity contribution in [1.82, 2.24) is 19.8 Å². The van der Waals surface area contributed by atoms with Gasteiger partial charge in [0.15, 0.2) is 0 Å². The summed E-state index contributed by atoms with van der Waals surface area (Å²) in [4.78, 5) is 26.7. The minimum Gasteiger partial charge on any atom is -0.310 e. The van der Waals surface area contributed by atoms with Crippen LogP contribution in [0, 0.1) is 18.3 Å². The third-order valence-corrected chi connectivity index (χ3v) is 5.11. The summed E-state index contributed by atoms with van der Waals surface area (Å²) in [7, 11) is 0. The lowest BCUT2D eigenvalue weighted by atomic mass is 10.2. The van der Waals surface area contributed by atoms with Gasteiger partial charge in [-0.25, -0.2) is 4.79 Å². The number of carbonyl (C=O) groups is 1. The van der Waals surface area contributed by atoms with Crippen molar-refractivity contribution in [2.45, 2.75) is 19.9 Å². The third kappa shape index (κ3) is 4.07. The number of nitrogens with zero attached hydrogens (tertiary/aromatic N) is 6. The average molecular weight is 403 g/mol. The highest BCUT2D eigenvalue weighted by atomic mass is 35.5. The van der Waals surface area contributed by atoms with E-state index in [-0.39, 0.29) is 25.4 Å². The maximum atomic E-state index is 12.8. The second-order valence-corrected chi connectivity index (χ2v) is 7.00. The Labute approximate surface area is 163 Å². The Morgan fingerprint density at radius 1 is 1.37 bits per heavy atom. The molecule has 27 heavy (non-hydrogen) atoms. The van der Waals surface area contributed by atoms with Crippen LogP contribution in [-0.2, 0) is 11.3 Å². The summed E-state index contributed by atoms with van der Waals surface area (Å²) < 4.78 is 2.15. The van der Waals surface area contributed by atoms with Crippen LogP contribution < -0.4 is 10.6 Å². The number of aromatic nitrogens is 4. The van der Waals surface area contributed by atoms with Crippen molar-refractivity contribution in [2.75, 3.05) is 11.4 Å². The van der Waals surface area contributed by atoms with Crippen LogP contribution in [0.2, 0.25) is 5.02 Å². The summed E-state index contributed by atoms with van der Waals surface area (Å²) in [6, 6.07) is 10.7. The van der Waals surface area contributed by atoms with Gasteiger partial charge in [0.1, 0.15) is 11.5 Å². The first kappa shape index (κ1) is 18.8. The maximum absolute atomic E-state index is 12.8. The maximum Gasteiger partial charge on any atom is 0.369 e. The first-order chi connectivity index (χ1) is 13.0. The van der Waals surface area contributed by atoms with Gasteiger partial charge in [-0.3, -0.25) is 4.79 Å². The molecule has 138 valence electrons. The lowest BCUT2D eigenvalue weighted by Crippen LogP contribution is -2.37. The molecule has 0 atom stereocenters. The fourth-order valence-electron chi connectivity index (χ4n) is 2.47.